The van der Waals surface area contributed by atoms with Gasteiger partial charge in [-0.3, -0.25) is 0 Å². The third-order valence-electron chi connectivity index (χ3n) is 2.47. The number of aliphatic hydroxyl groups excluding tert-OH is 3. The van der Waals surface area contributed by atoms with E-state index in [9.17, 15) is 29.3 Å². The molecule has 0 bridgehead atoms. The fraction of sp³-hybridized carbons (Fsp3) is 1.00. The van der Waals surface area contributed by atoms with Crippen molar-refractivity contribution in [2.45, 2.75) is 24.0 Å². The number of aliphatic hydroxyl groups is 3. The largest absolute Gasteiger partial charge is 0.483 e. The van der Waals surface area contributed by atoms with Crippen LogP contribution in [0.3, 0.4) is 0 Å². The molecule has 0 aromatic rings. The number of nitrogens with two attached hydrogens (primary N) is 1. The Morgan fingerprint density at radius 3 is 2.30 bits per heavy atom. The van der Waals surface area contributed by atoms with Crippen molar-refractivity contribution in [2.24, 2.45) is 5.73 Å². The van der Waals surface area contributed by atoms with E-state index in [0.717, 1.165) is 0 Å². The van der Waals surface area contributed by atoms with Crippen molar-refractivity contribution in [3.8, 4) is 0 Å². The van der Waals surface area contributed by atoms with Gasteiger partial charge in [-0.25, -0.2) is 13.7 Å². The van der Waals surface area contributed by atoms with E-state index in [1.165, 1.54) is 0 Å². The first-order valence-electron chi connectivity index (χ1n) is 5.09. The predicted molar refractivity (Wildman–Crippen MR) is 59.8 cm³/mol. The average Bonchev–Trinajstić information content (AvgIpc) is 2.27. The van der Waals surface area contributed by atoms with Gasteiger partial charge in [0, 0.05) is 0 Å². The van der Waals surface area contributed by atoms with E-state index in [1.54, 1.807) is 0 Å². The number of hydrogen-bond acceptors (Lipinski definition) is 9. The average molecular weight is 339 g/mol. The second-order valence-corrected chi connectivity index (χ2v) is 6.75. The molecular weight excluding hydrogens is 324 g/mol. The zero-order chi connectivity index (χ0) is 15.8. The minimum atomic E-state index is -5.37. The van der Waals surface area contributed by atoms with Gasteiger partial charge in [0.15, 0.2) is 0 Å². The number of hydrogen-bond donors (Lipinski definition) is 7. The van der Waals surface area contributed by atoms with Gasteiger partial charge in [0.2, 0.25) is 5.79 Å². The Labute approximate surface area is 112 Å². The van der Waals surface area contributed by atoms with Gasteiger partial charge in [0.05, 0.1) is 19.3 Å². The second kappa shape index (κ2) is 6.05. The minimum Gasteiger partial charge on any atom is -0.391 e. The fourth-order valence-electron chi connectivity index (χ4n) is 1.53. The molecule has 120 valence electrons. The standard InChI is InChI=1S/C6H15NO11P2/c7-5-4(10)3(9)1-16-6(5,2-8)17-20(14,15)18-19(11,12)13/h3-5,8-10H,1-2,7H2,(H,14,15)(H2,11,12,13)/t3-,4+,5-,6+/m0/s1. The van der Waals surface area contributed by atoms with Crippen LogP contribution in [0.15, 0.2) is 0 Å². The molecule has 0 aromatic carbocycles. The molecule has 0 aliphatic carbocycles. The molecule has 1 rings (SSSR count). The minimum absolute atomic E-state index is 0.606. The highest BCUT2D eigenvalue weighted by atomic mass is 31.3. The molecule has 1 aliphatic rings. The van der Waals surface area contributed by atoms with Crippen molar-refractivity contribution in [1.82, 2.24) is 0 Å². The van der Waals surface area contributed by atoms with E-state index in [4.69, 9.17) is 20.3 Å². The lowest BCUT2D eigenvalue weighted by Gasteiger charge is -2.44. The van der Waals surface area contributed by atoms with Crippen molar-refractivity contribution in [1.29, 1.82) is 0 Å². The Balaban J connectivity index is 2.96. The maximum absolute atomic E-state index is 11.4. The topological polar surface area (TPSA) is 209 Å². The zero-order valence-corrected chi connectivity index (χ0v) is 11.6. The van der Waals surface area contributed by atoms with Crippen LogP contribution in [0.4, 0.5) is 0 Å². The molecule has 8 N–H and O–H groups in total. The van der Waals surface area contributed by atoms with Crippen LogP contribution in [-0.4, -0.2) is 67.3 Å². The first-order valence-corrected chi connectivity index (χ1v) is 8.12. The number of phosphoric ester groups is 1. The van der Waals surface area contributed by atoms with E-state index in [-0.39, 0.29) is 0 Å². The van der Waals surface area contributed by atoms with E-state index >= 15 is 0 Å². The molecule has 0 amide bonds. The third-order valence-corrected chi connectivity index (χ3v) is 4.68. The van der Waals surface area contributed by atoms with Crippen LogP contribution in [0.1, 0.15) is 0 Å². The lowest BCUT2D eigenvalue weighted by atomic mass is 9.95. The van der Waals surface area contributed by atoms with Crippen LogP contribution in [0.5, 0.6) is 0 Å². The number of rotatable bonds is 5. The van der Waals surface area contributed by atoms with Crippen LogP contribution < -0.4 is 5.73 Å². The first kappa shape index (κ1) is 18.1. The lowest BCUT2D eigenvalue weighted by Crippen LogP contribution is -2.67. The van der Waals surface area contributed by atoms with Gasteiger partial charge in [-0.2, -0.15) is 4.31 Å². The van der Waals surface area contributed by atoms with Crippen molar-refractivity contribution in [3.05, 3.63) is 0 Å². The van der Waals surface area contributed by atoms with Gasteiger partial charge in [-0.05, 0) is 0 Å². The maximum atomic E-state index is 11.4. The van der Waals surface area contributed by atoms with E-state index in [2.05, 4.69) is 8.83 Å². The maximum Gasteiger partial charge on any atom is 0.483 e. The molecule has 12 nitrogen and oxygen atoms in total. The molecule has 14 heteroatoms. The highest BCUT2D eigenvalue weighted by molar-refractivity contribution is 7.60. The van der Waals surface area contributed by atoms with Gasteiger partial charge >= 0.3 is 15.6 Å². The Morgan fingerprint density at radius 1 is 1.30 bits per heavy atom. The van der Waals surface area contributed by atoms with Crippen molar-refractivity contribution in [3.63, 3.8) is 0 Å². The van der Waals surface area contributed by atoms with Crippen LogP contribution in [0.25, 0.3) is 0 Å². The van der Waals surface area contributed by atoms with Crippen LogP contribution in [0, 0.1) is 0 Å². The van der Waals surface area contributed by atoms with Crippen LogP contribution in [0.2, 0.25) is 0 Å². The molecular formula is C6H15NO11P2. The molecule has 1 unspecified atom stereocenters. The van der Waals surface area contributed by atoms with Gasteiger partial charge in [0.25, 0.3) is 0 Å². The van der Waals surface area contributed by atoms with E-state index < -0.39 is 52.9 Å². The monoisotopic (exact) mass is 339 g/mol. The highest BCUT2D eigenvalue weighted by Crippen LogP contribution is 2.60. The summed E-state index contributed by atoms with van der Waals surface area (Å²) in [5.74, 6) is -2.47. The summed E-state index contributed by atoms with van der Waals surface area (Å²) < 4.78 is 34.6. The first-order chi connectivity index (χ1) is 8.92. The van der Waals surface area contributed by atoms with Crippen molar-refractivity contribution in [2.75, 3.05) is 13.2 Å². The second-order valence-electron chi connectivity index (χ2n) is 4.00. The quantitative estimate of drug-likeness (QED) is 0.250. The summed E-state index contributed by atoms with van der Waals surface area (Å²) in [6.07, 6.45) is -3.11. The highest BCUT2D eigenvalue weighted by Gasteiger charge is 2.54. The van der Waals surface area contributed by atoms with Gasteiger partial charge in [0.1, 0.15) is 12.2 Å². The van der Waals surface area contributed by atoms with Gasteiger partial charge in [-0.15, -0.1) is 0 Å². The lowest BCUT2D eigenvalue weighted by molar-refractivity contribution is -0.283. The summed E-state index contributed by atoms with van der Waals surface area (Å²) in [4.78, 5) is 26.1. The summed E-state index contributed by atoms with van der Waals surface area (Å²) in [5.41, 5.74) is 5.43. The van der Waals surface area contributed by atoms with Gasteiger partial charge < -0.3 is 40.5 Å². The van der Waals surface area contributed by atoms with Crippen LogP contribution >= 0.6 is 15.6 Å². The Hall–Kier alpha value is 0.0600. The molecule has 0 aromatic heterocycles. The number of phosphoric acid groups is 2. The fourth-order valence-corrected chi connectivity index (χ4v) is 3.37. The van der Waals surface area contributed by atoms with Crippen molar-refractivity contribution >= 4 is 15.6 Å². The normalized spacial score (nSPS) is 38.5. The predicted octanol–water partition coefficient (Wildman–Crippen LogP) is -3.02. The summed E-state index contributed by atoms with van der Waals surface area (Å²) in [7, 11) is -10.7. The molecule has 1 saturated heterocycles. The SMILES string of the molecule is N[C@H]1[C@H](O)[C@@H](O)CO[C@]1(CO)OP(=O)(O)OP(=O)(O)O. The van der Waals surface area contributed by atoms with E-state index in [1.807, 2.05) is 0 Å². The van der Waals surface area contributed by atoms with Crippen LogP contribution in [-0.2, 0) is 22.7 Å². The molecule has 1 heterocycles. The Morgan fingerprint density at radius 2 is 1.85 bits per heavy atom. The van der Waals surface area contributed by atoms with Gasteiger partial charge in [-0.1, -0.05) is 0 Å². The molecule has 1 aliphatic heterocycles. The molecule has 20 heavy (non-hydrogen) atoms. The summed E-state index contributed by atoms with van der Waals surface area (Å²) in [6.45, 7) is -1.75. The molecule has 5 atom stereocenters. The van der Waals surface area contributed by atoms with E-state index in [0.29, 0.717) is 0 Å². The molecule has 1 fully saturated rings. The smallest absolute Gasteiger partial charge is 0.391 e. The number of ether oxygens (including phenoxy) is 1. The Bertz CT molecular complexity index is 439. The zero-order valence-electron chi connectivity index (χ0n) is 9.84. The summed E-state index contributed by atoms with van der Waals surface area (Å²) >= 11 is 0. The van der Waals surface area contributed by atoms with Crippen molar-refractivity contribution < 1.29 is 52.7 Å². The molecule has 0 saturated carbocycles. The molecule has 0 spiro atoms. The third kappa shape index (κ3) is 4.28. The molecule has 0 radical (unpaired) electrons. The summed E-state index contributed by atoms with van der Waals surface area (Å²) in [5, 5.41) is 28.0. The Kier molecular flexibility index (Phi) is 5.48. The summed E-state index contributed by atoms with van der Waals surface area (Å²) in [6, 6.07) is -1.68.